The molecule has 1 amide bonds. The average Bonchev–Trinajstić information content (AvgIpc) is 2.70. The number of carbonyl (C=O) groups excluding carboxylic acids is 3. The number of hydrogen-bond donors (Lipinski definition) is 1. The first-order valence-electron chi connectivity index (χ1n) is 5.62. The van der Waals surface area contributed by atoms with Crippen molar-refractivity contribution in [3.05, 3.63) is 10.6 Å². The Balaban J connectivity index is 2.76. The fourth-order valence-electron chi connectivity index (χ4n) is 1.18. The summed E-state index contributed by atoms with van der Waals surface area (Å²) in [6, 6.07) is 0. The van der Waals surface area contributed by atoms with Gasteiger partial charge in [-0.2, -0.15) is 0 Å². The number of anilines is 1. The summed E-state index contributed by atoms with van der Waals surface area (Å²) in [4.78, 5) is 38.3. The van der Waals surface area contributed by atoms with Gasteiger partial charge in [0.15, 0.2) is 5.13 Å². The molecule has 7 nitrogen and oxygen atoms in total. The van der Waals surface area contributed by atoms with E-state index in [1.54, 1.807) is 20.8 Å². The predicted octanol–water partition coefficient (Wildman–Crippen LogP) is 1.13. The van der Waals surface area contributed by atoms with Gasteiger partial charge in [0, 0.05) is 0 Å². The highest BCUT2D eigenvalue weighted by molar-refractivity contribution is 7.17. The number of nitrogens with zero attached hydrogens (tertiary/aromatic N) is 1. The number of aromatic nitrogens is 1. The first-order chi connectivity index (χ1) is 8.99. The smallest absolute Gasteiger partial charge is 0.397 e. The molecule has 0 bridgehead atoms. The minimum Gasteiger partial charge on any atom is -0.462 e. The van der Waals surface area contributed by atoms with Crippen LogP contribution in [0.3, 0.4) is 0 Å². The first kappa shape index (κ1) is 15.1. The second kappa shape index (κ2) is 6.83. The average molecular weight is 286 g/mol. The summed E-state index contributed by atoms with van der Waals surface area (Å²) in [7, 11) is 0. The summed E-state index contributed by atoms with van der Waals surface area (Å²) in [6.45, 7) is 5.26. The Hall–Kier alpha value is -1.96. The molecule has 1 aromatic heterocycles. The maximum atomic E-state index is 11.5. The zero-order chi connectivity index (χ0) is 14.4. The van der Waals surface area contributed by atoms with E-state index in [9.17, 15) is 14.4 Å². The van der Waals surface area contributed by atoms with Crippen molar-refractivity contribution in [3.8, 4) is 0 Å². The molecule has 0 aromatic carbocycles. The van der Waals surface area contributed by atoms with Crippen LogP contribution in [0.1, 0.15) is 29.2 Å². The van der Waals surface area contributed by atoms with Gasteiger partial charge in [-0.1, -0.05) is 11.3 Å². The Kier molecular flexibility index (Phi) is 5.43. The topological polar surface area (TPSA) is 94.6 Å². The fraction of sp³-hybridized carbons (Fsp3) is 0.455. The Bertz CT molecular complexity index is 497. The van der Waals surface area contributed by atoms with Crippen LogP contribution >= 0.6 is 11.3 Å². The molecule has 0 fully saturated rings. The van der Waals surface area contributed by atoms with Crippen LogP contribution in [0.4, 0.5) is 5.13 Å². The molecule has 0 aliphatic rings. The monoisotopic (exact) mass is 286 g/mol. The lowest BCUT2D eigenvalue weighted by molar-refractivity contribution is -0.152. The van der Waals surface area contributed by atoms with Gasteiger partial charge in [0.1, 0.15) is 4.88 Å². The predicted molar refractivity (Wildman–Crippen MR) is 68.1 cm³/mol. The zero-order valence-electron chi connectivity index (χ0n) is 10.8. The van der Waals surface area contributed by atoms with Gasteiger partial charge in [0.25, 0.3) is 0 Å². The van der Waals surface area contributed by atoms with E-state index in [1.807, 2.05) is 0 Å². The van der Waals surface area contributed by atoms with Crippen LogP contribution in [0.25, 0.3) is 0 Å². The summed E-state index contributed by atoms with van der Waals surface area (Å²) in [6.07, 6.45) is 0. The molecule has 19 heavy (non-hydrogen) atoms. The van der Waals surface area contributed by atoms with Crippen LogP contribution in [0.15, 0.2) is 0 Å². The van der Waals surface area contributed by atoms with Gasteiger partial charge in [-0.05, 0) is 20.8 Å². The molecule has 1 aromatic rings. The van der Waals surface area contributed by atoms with Crippen molar-refractivity contribution in [3.63, 3.8) is 0 Å². The molecule has 0 spiro atoms. The number of aryl methyl sites for hydroxylation is 1. The van der Waals surface area contributed by atoms with Gasteiger partial charge in [-0.3, -0.25) is 10.1 Å². The molecule has 0 aliphatic carbocycles. The van der Waals surface area contributed by atoms with Crippen LogP contribution in [0.2, 0.25) is 0 Å². The second-order valence-electron chi connectivity index (χ2n) is 3.33. The minimum atomic E-state index is -0.993. The molecular weight excluding hydrogens is 272 g/mol. The summed E-state index contributed by atoms with van der Waals surface area (Å²) >= 11 is 0.946. The maximum absolute atomic E-state index is 11.5. The molecule has 1 N–H and O–H groups in total. The lowest BCUT2D eigenvalue weighted by Gasteiger charge is -2.00. The molecule has 0 saturated heterocycles. The molecule has 0 unspecified atom stereocenters. The molecule has 8 heteroatoms. The summed E-state index contributed by atoms with van der Waals surface area (Å²) in [5.74, 6) is -2.42. The highest BCUT2D eigenvalue weighted by atomic mass is 32.1. The SMILES string of the molecule is CCOC(=O)C(=O)Nc1nc(C)c(C(=O)OCC)s1. The molecule has 0 aliphatic heterocycles. The zero-order valence-corrected chi connectivity index (χ0v) is 11.6. The van der Waals surface area contributed by atoms with Crippen LogP contribution in [0, 0.1) is 6.92 Å². The Morgan fingerprint density at radius 2 is 1.84 bits per heavy atom. The van der Waals surface area contributed by atoms with E-state index >= 15 is 0 Å². The van der Waals surface area contributed by atoms with Gasteiger partial charge in [-0.25, -0.2) is 14.6 Å². The standard InChI is InChI=1S/C11H14N2O5S/c1-4-17-9(15)7-6(3)12-11(19-7)13-8(14)10(16)18-5-2/h4-5H2,1-3H3,(H,12,13,14). The third-order valence-corrected chi connectivity index (χ3v) is 2.99. The first-order valence-corrected chi connectivity index (χ1v) is 6.43. The highest BCUT2D eigenvalue weighted by Crippen LogP contribution is 2.23. The number of rotatable bonds is 4. The van der Waals surface area contributed by atoms with E-state index in [0.29, 0.717) is 10.6 Å². The van der Waals surface area contributed by atoms with Crippen molar-refractivity contribution in [1.82, 2.24) is 4.98 Å². The van der Waals surface area contributed by atoms with Crippen LogP contribution in [-0.4, -0.2) is 36.0 Å². The summed E-state index contributed by atoms with van der Waals surface area (Å²) in [5, 5.41) is 2.42. The Morgan fingerprint density at radius 1 is 1.21 bits per heavy atom. The molecule has 0 radical (unpaired) electrons. The second-order valence-corrected chi connectivity index (χ2v) is 4.33. The molecule has 0 saturated carbocycles. The van der Waals surface area contributed by atoms with E-state index in [4.69, 9.17) is 4.74 Å². The Morgan fingerprint density at radius 3 is 2.42 bits per heavy atom. The van der Waals surface area contributed by atoms with Crippen molar-refractivity contribution >= 4 is 34.3 Å². The van der Waals surface area contributed by atoms with E-state index in [0.717, 1.165) is 11.3 Å². The number of hydrogen-bond acceptors (Lipinski definition) is 7. The lowest BCUT2D eigenvalue weighted by atomic mass is 10.4. The summed E-state index contributed by atoms with van der Waals surface area (Å²) < 4.78 is 9.37. The van der Waals surface area contributed by atoms with E-state index in [-0.39, 0.29) is 18.3 Å². The number of thiazole rings is 1. The van der Waals surface area contributed by atoms with Gasteiger partial charge in [0.2, 0.25) is 0 Å². The van der Waals surface area contributed by atoms with Crippen molar-refractivity contribution in [2.24, 2.45) is 0 Å². The number of amides is 1. The number of esters is 2. The van der Waals surface area contributed by atoms with Crippen LogP contribution in [0.5, 0.6) is 0 Å². The molecule has 0 atom stereocenters. The molecule has 1 heterocycles. The number of carbonyl (C=O) groups is 3. The van der Waals surface area contributed by atoms with Crippen molar-refractivity contribution in [1.29, 1.82) is 0 Å². The van der Waals surface area contributed by atoms with Gasteiger partial charge in [-0.15, -0.1) is 0 Å². The fourth-order valence-corrected chi connectivity index (χ4v) is 2.04. The van der Waals surface area contributed by atoms with Gasteiger partial charge in [0.05, 0.1) is 18.9 Å². The summed E-state index contributed by atoms with van der Waals surface area (Å²) in [5.41, 5.74) is 0.433. The Labute approximate surface area is 113 Å². The van der Waals surface area contributed by atoms with E-state index in [2.05, 4.69) is 15.0 Å². The third-order valence-electron chi connectivity index (χ3n) is 1.94. The van der Waals surface area contributed by atoms with Crippen molar-refractivity contribution < 1.29 is 23.9 Å². The molecule has 104 valence electrons. The lowest BCUT2D eigenvalue weighted by Crippen LogP contribution is -2.24. The van der Waals surface area contributed by atoms with E-state index < -0.39 is 17.8 Å². The quantitative estimate of drug-likeness (QED) is 0.658. The van der Waals surface area contributed by atoms with Crippen molar-refractivity contribution in [2.75, 3.05) is 18.5 Å². The third kappa shape index (κ3) is 4.02. The van der Waals surface area contributed by atoms with Crippen LogP contribution in [-0.2, 0) is 19.1 Å². The van der Waals surface area contributed by atoms with Gasteiger partial charge >= 0.3 is 17.8 Å². The maximum Gasteiger partial charge on any atom is 0.397 e. The largest absolute Gasteiger partial charge is 0.462 e. The number of nitrogens with one attached hydrogen (secondary N) is 1. The van der Waals surface area contributed by atoms with Crippen LogP contribution < -0.4 is 5.32 Å². The normalized spacial score (nSPS) is 9.84. The van der Waals surface area contributed by atoms with Gasteiger partial charge < -0.3 is 9.47 Å². The van der Waals surface area contributed by atoms with E-state index in [1.165, 1.54) is 0 Å². The van der Waals surface area contributed by atoms with Crippen molar-refractivity contribution in [2.45, 2.75) is 20.8 Å². The molecular formula is C11H14N2O5S. The number of ether oxygens (including phenoxy) is 2. The minimum absolute atomic E-state index is 0.108. The molecule has 1 rings (SSSR count). The highest BCUT2D eigenvalue weighted by Gasteiger charge is 2.20.